The van der Waals surface area contributed by atoms with Crippen LogP contribution in [0.15, 0.2) is 41.4 Å². The first kappa shape index (κ1) is 24.3. The van der Waals surface area contributed by atoms with Crippen molar-refractivity contribution in [3.8, 4) is 11.5 Å². The molecule has 0 amide bonds. The first-order valence-electron chi connectivity index (χ1n) is 10.1. The summed E-state index contributed by atoms with van der Waals surface area (Å²) in [6.45, 7) is 6.65. The first-order chi connectivity index (χ1) is 14.1. The number of rotatable bonds is 8. The van der Waals surface area contributed by atoms with Crippen LogP contribution in [0.3, 0.4) is 0 Å². The maximum absolute atomic E-state index is 5.91. The summed E-state index contributed by atoms with van der Waals surface area (Å²) in [7, 11) is 3.48. The summed E-state index contributed by atoms with van der Waals surface area (Å²) in [6, 6.07) is 12.5. The number of aliphatic imine (C=N–C) groups is 1. The van der Waals surface area contributed by atoms with Crippen LogP contribution in [0.25, 0.3) is 0 Å². The zero-order chi connectivity index (χ0) is 20.6. The van der Waals surface area contributed by atoms with Crippen molar-refractivity contribution in [1.29, 1.82) is 0 Å². The molecule has 2 aromatic carbocycles. The minimum Gasteiger partial charge on any atom is -0.494 e. The quantitative estimate of drug-likeness (QED) is 0.310. The van der Waals surface area contributed by atoms with E-state index in [0.717, 1.165) is 35.0 Å². The fourth-order valence-corrected chi connectivity index (χ4v) is 3.41. The number of fused-ring (bicyclic) bond motifs is 1. The molecule has 1 unspecified atom stereocenters. The van der Waals surface area contributed by atoms with Gasteiger partial charge in [-0.15, -0.1) is 24.0 Å². The smallest absolute Gasteiger partial charge is 0.191 e. The molecule has 30 heavy (non-hydrogen) atoms. The average Bonchev–Trinajstić information content (AvgIpc) is 3.08. The second-order valence-corrected chi connectivity index (χ2v) is 7.16. The monoisotopic (exact) mass is 525 g/mol. The van der Waals surface area contributed by atoms with E-state index in [-0.39, 0.29) is 30.1 Å². The Morgan fingerprint density at radius 2 is 1.83 bits per heavy atom. The molecule has 1 aliphatic rings. The van der Waals surface area contributed by atoms with Crippen molar-refractivity contribution < 1.29 is 14.2 Å². The number of nitrogens with one attached hydrogen (secondary N) is 2. The summed E-state index contributed by atoms with van der Waals surface area (Å²) in [4.78, 5) is 4.33. The summed E-state index contributed by atoms with van der Waals surface area (Å²) < 4.78 is 16.9. The molecule has 164 valence electrons. The van der Waals surface area contributed by atoms with Gasteiger partial charge in [-0.05, 0) is 37.1 Å². The van der Waals surface area contributed by atoms with Gasteiger partial charge >= 0.3 is 0 Å². The topological polar surface area (TPSA) is 64.1 Å². The van der Waals surface area contributed by atoms with Crippen LogP contribution in [-0.2, 0) is 30.9 Å². The van der Waals surface area contributed by atoms with Gasteiger partial charge in [-0.3, -0.25) is 4.99 Å². The van der Waals surface area contributed by atoms with E-state index in [1.165, 1.54) is 11.1 Å². The molecule has 0 spiro atoms. The van der Waals surface area contributed by atoms with Gasteiger partial charge in [0, 0.05) is 44.8 Å². The van der Waals surface area contributed by atoms with Crippen LogP contribution < -0.4 is 20.1 Å². The van der Waals surface area contributed by atoms with E-state index in [9.17, 15) is 0 Å². The molecular weight excluding hydrogens is 493 g/mol. The van der Waals surface area contributed by atoms with Crippen LogP contribution in [0.5, 0.6) is 11.5 Å². The molecule has 3 rings (SSSR count). The molecule has 0 radical (unpaired) electrons. The lowest BCUT2D eigenvalue weighted by atomic mass is 10.1. The number of ether oxygens (including phenoxy) is 3. The molecule has 2 N–H and O–H groups in total. The van der Waals surface area contributed by atoms with E-state index in [0.29, 0.717) is 26.3 Å². The minimum absolute atomic E-state index is 0. The van der Waals surface area contributed by atoms with E-state index in [4.69, 9.17) is 14.2 Å². The van der Waals surface area contributed by atoms with Crippen molar-refractivity contribution in [2.45, 2.75) is 46.1 Å². The highest BCUT2D eigenvalue weighted by Gasteiger charge is 2.21. The lowest BCUT2D eigenvalue weighted by Gasteiger charge is -2.16. The highest BCUT2D eigenvalue weighted by atomic mass is 127. The van der Waals surface area contributed by atoms with Gasteiger partial charge in [0.1, 0.15) is 17.6 Å². The first-order valence-corrected chi connectivity index (χ1v) is 10.1. The SMILES string of the molecule is CCOc1cc2c(cc1CNC(=NC)NCc1ccc(COC)cc1)OC(C)C2.I. The molecule has 0 saturated heterocycles. The molecule has 2 aromatic rings. The van der Waals surface area contributed by atoms with Crippen molar-refractivity contribution >= 4 is 29.9 Å². The van der Waals surface area contributed by atoms with Crippen LogP contribution in [-0.4, -0.2) is 32.8 Å². The zero-order valence-electron chi connectivity index (χ0n) is 18.2. The summed E-state index contributed by atoms with van der Waals surface area (Å²) in [6.07, 6.45) is 1.14. The molecule has 0 fully saturated rings. The van der Waals surface area contributed by atoms with Crippen molar-refractivity contribution in [2.75, 3.05) is 20.8 Å². The Kier molecular flexibility index (Phi) is 9.71. The van der Waals surface area contributed by atoms with Crippen LogP contribution in [0.4, 0.5) is 0 Å². The number of guanidine groups is 1. The standard InChI is InChI=1S/C23H31N3O3.HI/c1-5-28-21-11-19-10-16(2)29-22(19)12-20(21)14-26-23(24-3)25-13-17-6-8-18(9-7-17)15-27-4;/h6-9,11-12,16H,5,10,13-15H2,1-4H3,(H2,24,25,26);1H. The Morgan fingerprint density at radius 1 is 1.13 bits per heavy atom. The number of benzene rings is 2. The second-order valence-electron chi connectivity index (χ2n) is 7.16. The predicted octanol–water partition coefficient (Wildman–Crippen LogP) is 4.04. The number of halogens is 1. The maximum atomic E-state index is 5.91. The molecule has 1 aliphatic heterocycles. The molecular formula is C23H32IN3O3. The van der Waals surface area contributed by atoms with Gasteiger partial charge in [-0.1, -0.05) is 24.3 Å². The lowest BCUT2D eigenvalue weighted by molar-refractivity contribution is 0.185. The van der Waals surface area contributed by atoms with Crippen LogP contribution >= 0.6 is 24.0 Å². The Bertz CT molecular complexity index is 840. The number of hydrogen-bond donors (Lipinski definition) is 2. The second kappa shape index (κ2) is 12.0. The fourth-order valence-electron chi connectivity index (χ4n) is 3.41. The van der Waals surface area contributed by atoms with Gasteiger partial charge in [0.2, 0.25) is 0 Å². The van der Waals surface area contributed by atoms with Crippen LogP contribution in [0, 0.1) is 0 Å². The van der Waals surface area contributed by atoms with E-state index in [1.807, 2.05) is 6.92 Å². The van der Waals surface area contributed by atoms with Gasteiger partial charge in [-0.2, -0.15) is 0 Å². The van der Waals surface area contributed by atoms with Crippen LogP contribution in [0.2, 0.25) is 0 Å². The maximum Gasteiger partial charge on any atom is 0.191 e. The Hall–Kier alpha value is -2.00. The normalized spacial score (nSPS) is 15.1. The number of nitrogens with zero attached hydrogens (tertiary/aromatic N) is 1. The minimum atomic E-state index is 0. The summed E-state index contributed by atoms with van der Waals surface area (Å²) in [5.74, 6) is 2.60. The molecule has 7 heteroatoms. The molecule has 0 saturated carbocycles. The number of hydrogen-bond acceptors (Lipinski definition) is 4. The number of methoxy groups -OCH3 is 1. The third kappa shape index (κ3) is 6.50. The van der Waals surface area contributed by atoms with E-state index >= 15 is 0 Å². The van der Waals surface area contributed by atoms with Crippen molar-refractivity contribution in [3.05, 3.63) is 58.7 Å². The lowest BCUT2D eigenvalue weighted by Crippen LogP contribution is -2.36. The largest absolute Gasteiger partial charge is 0.494 e. The van der Waals surface area contributed by atoms with Crippen LogP contribution in [0.1, 0.15) is 36.1 Å². The zero-order valence-corrected chi connectivity index (χ0v) is 20.5. The average molecular weight is 525 g/mol. The Balaban J connectivity index is 0.00000320. The fraction of sp³-hybridized carbons (Fsp3) is 0.435. The summed E-state index contributed by atoms with van der Waals surface area (Å²) in [5, 5.41) is 6.73. The third-order valence-corrected chi connectivity index (χ3v) is 4.84. The third-order valence-electron chi connectivity index (χ3n) is 4.84. The van der Waals surface area contributed by atoms with Gasteiger partial charge < -0.3 is 24.8 Å². The molecule has 0 bridgehead atoms. The van der Waals surface area contributed by atoms with Gasteiger partial charge in [0.15, 0.2) is 5.96 Å². The Labute approximate surface area is 196 Å². The van der Waals surface area contributed by atoms with E-state index in [1.54, 1.807) is 14.2 Å². The molecule has 6 nitrogen and oxygen atoms in total. The highest BCUT2D eigenvalue weighted by Crippen LogP contribution is 2.35. The molecule has 0 aliphatic carbocycles. The summed E-state index contributed by atoms with van der Waals surface area (Å²) >= 11 is 0. The molecule has 1 heterocycles. The predicted molar refractivity (Wildman–Crippen MR) is 131 cm³/mol. The van der Waals surface area contributed by atoms with Crippen molar-refractivity contribution in [3.63, 3.8) is 0 Å². The van der Waals surface area contributed by atoms with Gasteiger partial charge in [0.25, 0.3) is 0 Å². The Morgan fingerprint density at radius 3 is 2.50 bits per heavy atom. The van der Waals surface area contributed by atoms with Crippen molar-refractivity contribution in [1.82, 2.24) is 10.6 Å². The highest BCUT2D eigenvalue weighted by molar-refractivity contribution is 14.0. The van der Waals surface area contributed by atoms with Gasteiger partial charge in [0.05, 0.1) is 13.2 Å². The molecule has 0 aromatic heterocycles. The van der Waals surface area contributed by atoms with E-state index in [2.05, 4.69) is 58.9 Å². The van der Waals surface area contributed by atoms with E-state index < -0.39 is 0 Å². The molecule has 1 atom stereocenters. The summed E-state index contributed by atoms with van der Waals surface area (Å²) in [5.41, 5.74) is 4.62. The van der Waals surface area contributed by atoms with Gasteiger partial charge in [-0.25, -0.2) is 0 Å². The van der Waals surface area contributed by atoms with Crippen molar-refractivity contribution in [2.24, 2.45) is 4.99 Å².